The van der Waals surface area contributed by atoms with Gasteiger partial charge in [0.15, 0.2) is 11.5 Å². The highest BCUT2D eigenvalue weighted by molar-refractivity contribution is 5.95. The highest BCUT2D eigenvalue weighted by Crippen LogP contribution is 2.28. The van der Waals surface area contributed by atoms with Crippen molar-refractivity contribution in [3.63, 3.8) is 0 Å². The fraction of sp³-hybridized carbons (Fsp3) is 0.350. The first-order chi connectivity index (χ1) is 11.5. The van der Waals surface area contributed by atoms with Crippen molar-refractivity contribution in [1.29, 1.82) is 0 Å². The summed E-state index contributed by atoms with van der Waals surface area (Å²) in [6.07, 6.45) is 0. The van der Waals surface area contributed by atoms with E-state index in [0.717, 1.165) is 22.4 Å². The Labute approximate surface area is 143 Å². The Bertz CT molecular complexity index is 710. The Morgan fingerprint density at radius 3 is 2.33 bits per heavy atom. The van der Waals surface area contributed by atoms with Gasteiger partial charge in [0, 0.05) is 12.1 Å². The second-order valence-corrected chi connectivity index (χ2v) is 5.65. The zero-order valence-electron chi connectivity index (χ0n) is 14.8. The fourth-order valence-corrected chi connectivity index (χ4v) is 2.55. The van der Waals surface area contributed by atoms with Crippen molar-refractivity contribution < 1.29 is 14.3 Å². The van der Waals surface area contributed by atoms with E-state index in [4.69, 9.17) is 9.47 Å². The standard InChI is InChI=1S/C20H25NO3/c1-5-23-18-10-8-16(12-19(18)24-6-2)13-21-20(22)17-9-7-14(3)11-15(17)4/h7-12H,5-6,13H2,1-4H3,(H,21,22). The molecule has 24 heavy (non-hydrogen) atoms. The lowest BCUT2D eigenvalue weighted by Gasteiger charge is -2.13. The van der Waals surface area contributed by atoms with Crippen LogP contribution >= 0.6 is 0 Å². The zero-order chi connectivity index (χ0) is 17.5. The molecule has 1 amide bonds. The molecule has 2 rings (SSSR count). The number of aryl methyl sites for hydroxylation is 2. The van der Waals surface area contributed by atoms with Gasteiger partial charge in [-0.1, -0.05) is 23.8 Å². The van der Waals surface area contributed by atoms with Gasteiger partial charge >= 0.3 is 0 Å². The fourth-order valence-electron chi connectivity index (χ4n) is 2.55. The van der Waals surface area contributed by atoms with Crippen molar-refractivity contribution in [2.75, 3.05) is 13.2 Å². The summed E-state index contributed by atoms with van der Waals surface area (Å²) < 4.78 is 11.2. The molecule has 0 spiro atoms. The minimum absolute atomic E-state index is 0.0701. The van der Waals surface area contributed by atoms with Crippen molar-refractivity contribution in [3.8, 4) is 11.5 Å². The minimum atomic E-state index is -0.0701. The number of ether oxygens (including phenoxy) is 2. The third-order valence-electron chi connectivity index (χ3n) is 3.69. The van der Waals surface area contributed by atoms with Crippen molar-refractivity contribution >= 4 is 5.91 Å². The van der Waals surface area contributed by atoms with Gasteiger partial charge in [-0.25, -0.2) is 0 Å². The summed E-state index contributed by atoms with van der Waals surface area (Å²) >= 11 is 0. The van der Waals surface area contributed by atoms with Crippen LogP contribution in [0.15, 0.2) is 36.4 Å². The smallest absolute Gasteiger partial charge is 0.251 e. The first-order valence-corrected chi connectivity index (χ1v) is 8.29. The molecule has 0 heterocycles. The zero-order valence-corrected chi connectivity index (χ0v) is 14.8. The van der Waals surface area contributed by atoms with Crippen LogP contribution in [0.2, 0.25) is 0 Å². The van der Waals surface area contributed by atoms with Crippen LogP contribution in [0, 0.1) is 13.8 Å². The van der Waals surface area contributed by atoms with E-state index in [2.05, 4.69) is 5.32 Å². The maximum absolute atomic E-state index is 12.4. The molecular weight excluding hydrogens is 302 g/mol. The summed E-state index contributed by atoms with van der Waals surface area (Å²) in [5.41, 5.74) is 3.81. The summed E-state index contributed by atoms with van der Waals surface area (Å²) in [6.45, 7) is 9.44. The molecule has 1 N–H and O–H groups in total. The van der Waals surface area contributed by atoms with Crippen LogP contribution in [0.3, 0.4) is 0 Å². The van der Waals surface area contributed by atoms with Gasteiger partial charge in [0.1, 0.15) is 0 Å². The quantitative estimate of drug-likeness (QED) is 0.835. The van der Waals surface area contributed by atoms with Crippen LogP contribution in [0.25, 0.3) is 0 Å². The number of carbonyl (C=O) groups is 1. The largest absolute Gasteiger partial charge is 0.490 e. The third kappa shape index (κ3) is 4.51. The topological polar surface area (TPSA) is 47.6 Å². The molecule has 0 bridgehead atoms. The Kier molecular flexibility index (Phi) is 6.24. The normalized spacial score (nSPS) is 10.3. The van der Waals surface area contributed by atoms with Crippen molar-refractivity contribution in [3.05, 3.63) is 58.7 Å². The molecule has 0 aliphatic carbocycles. The average molecular weight is 327 g/mol. The molecule has 0 fully saturated rings. The monoisotopic (exact) mass is 327 g/mol. The number of hydrogen-bond donors (Lipinski definition) is 1. The summed E-state index contributed by atoms with van der Waals surface area (Å²) in [4.78, 5) is 12.4. The number of hydrogen-bond acceptors (Lipinski definition) is 3. The molecule has 0 aliphatic rings. The van der Waals surface area contributed by atoms with Crippen LogP contribution in [-0.2, 0) is 6.54 Å². The van der Waals surface area contributed by atoms with Crippen molar-refractivity contribution in [2.45, 2.75) is 34.2 Å². The van der Waals surface area contributed by atoms with E-state index >= 15 is 0 Å². The average Bonchev–Trinajstić information content (AvgIpc) is 2.55. The van der Waals surface area contributed by atoms with Crippen LogP contribution in [0.1, 0.15) is 40.9 Å². The lowest BCUT2D eigenvalue weighted by molar-refractivity contribution is 0.0950. The number of carbonyl (C=O) groups excluding carboxylic acids is 1. The summed E-state index contributed by atoms with van der Waals surface area (Å²) in [7, 11) is 0. The molecule has 0 radical (unpaired) electrons. The van der Waals surface area contributed by atoms with Crippen LogP contribution in [0.4, 0.5) is 0 Å². The maximum Gasteiger partial charge on any atom is 0.251 e. The lowest BCUT2D eigenvalue weighted by Crippen LogP contribution is -2.23. The molecule has 0 aromatic heterocycles. The van der Waals surface area contributed by atoms with Gasteiger partial charge in [0.25, 0.3) is 5.91 Å². The minimum Gasteiger partial charge on any atom is -0.490 e. The molecule has 4 heteroatoms. The first kappa shape index (κ1) is 17.9. The van der Waals surface area contributed by atoms with E-state index in [1.54, 1.807) is 0 Å². The number of rotatable bonds is 7. The van der Waals surface area contributed by atoms with Crippen LogP contribution in [0.5, 0.6) is 11.5 Å². The molecule has 0 saturated heterocycles. The third-order valence-corrected chi connectivity index (χ3v) is 3.69. The second kappa shape index (κ2) is 8.39. The highest BCUT2D eigenvalue weighted by atomic mass is 16.5. The Balaban J connectivity index is 2.08. The molecule has 4 nitrogen and oxygen atoms in total. The molecule has 2 aromatic carbocycles. The van der Waals surface area contributed by atoms with Gasteiger partial charge in [-0.05, 0) is 57.0 Å². The molecule has 128 valence electrons. The van der Waals surface area contributed by atoms with Gasteiger partial charge in [0.05, 0.1) is 13.2 Å². The van der Waals surface area contributed by atoms with Gasteiger partial charge in [-0.15, -0.1) is 0 Å². The Morgan fingerprint density at radius 2 is 1.67 bits per heavy atom. The van der Waals surface area contributed by atoms with E-state index in [1.807, 2.05) is 64.1 Å². The molecule has 0 saturated carbocycles. The van der Waals surface area contributed by atoms with E-state index in [-0.39, 0.29) is 5.91 Å². The van der Waals surface area contributed by atoms with E-state index in [1.165, 1.54) is 0 Å². The van der Waals surface area contributed by atoms with Gasteiger partial charge < -0.3 is 14.8 Å². The number of benzene rings is 2. The summed E-state index contributed by atoms with van der Waals surface area (Å²) in [5.74, 6) is 1.36. The van der Waals surface area contributed by atoms with Crippen LogP contribution in [-0.4, -0.2) is 19.1 Å². The molecule has 0 unspecified atom stereocenters. The SMILES string of the molecule is CCOc1ccc(CNC(=O)c2ccc(C)cc2C)cc1OCC. The molecular formula is C20H25NO3. The lowest BCUT2D eigenvalue weighted by atomic mass is 10.1. The highest BCUT2D eigenvalue weighted by Gasteiger charge is 2.10. The first-order valence-electron chi connectivity index (χ1n) is 8.29. The second-order valence-electron chi connectivity index (χ2n) is 5.65. The Hall–Kier alpha value is -2.49. The predicted molar refractivity (Wildman–Crippen MR) is 95.9 cm³/mol. The Morgan fingerprint density at radius 1 is 0.958 bits per heavy atom. The van der Waals surface area contributed by atoms with E-state index in [9.17, 15) is 4.79 Å². The molecule has 0 atom stereocenters. The summed E-state index contributed by atoms with van der Waals surface area (Å²) in [5, 5.41) is 2.96. The van der Waals surface area contributed by atoms with E-state index in [0.29, 0.717) is 31.1 Å². The van der Waals surface area contributed by atoms with Crippen molar-refractivity contribution in [1.82, 2.24) is 5.32 Å². The van der Waals surface area contributed by atoms with Crippen molar-refractivity contribution in [2.24, 2.45) is 0 Å². The maximum atomic E-state index is 12.4. The number of nitrogens with one attached hydrogen (secondary N) is 1. The number of amides is 1. The molecule has 2 aromatic rings. The van der Waals surface area contributed by atoms with E-state index < -0.39 is 0 Å². The van der Waals surface area contributed by atoms with Gasteiger partial charge in [-0.3, -0.25) is 4.79 Å². The predicted octanol–water partition coefficient (Wildman–Crippen LogP) is 4.03. The van der Waals surface area contributed by atoms with Gasteiger partial charge in [-0.2, -0.15) is 0 Å². The van der Waals surface area contributed by atoms with Gasteiger partial charge in [0.2, 0.25) is 0 Å². The van der Waals surface area contributed by atoms with Crippen LogP contribution < -0.4 is 14.8 Å². The molecule has 0 aliphatic heterocycles. The summed E-state index contributed by atoms with van der Waals surface area (Å²) in [6, 6.07) is 11.6.